The van der Waals surface area contributed by atoms with Crippen molar-refractivity contribution >= 4 is 17.5 Å². The first-order valence-electron chi connectivity index (χ1n) is 8.00. The van der Waals surface area contributed by atoms with Crippen molar-refractivity contribution in [2.24, 2.45) is 0 Å². The Balaban J connectivity index is 2.03. The lowest BCUT2D eigenvalue weighted by Gasteiger charge is -2.23. The van der Waals surface area contributed by atoms with Crippen molar-refractivity contribution < 1.29 is 18.4 Å². The Bertz CT molecular complexity index is 570. The van der Waals surface area contributed by atoms with Crippen LogP contribution in [0.25, 0.3) is 0 Å². The van der Waals surface area contributed by atoms with Crippen molar-refractivity contribution in [1.82, 2.24) is 5.32 Å². The second-order valence-corrected chi connectivity index (χ2v) is 5.96. The highest BCUT2D eigenvalue weighted by atomic mass is 19.1. The maximum absolute atomic E-state index is 13.9. The molecule has 1 aromatic carbocycles. The minimum Gasteiger partial charge on any atom is -0.352 e. The largest absolute Gasteiger partial charge is 0.352 e. The molecule has 0 aromatic heterocycles. The molecule has 1 saturated carbocycles. The zero-order chi connectivity index (χ0) is 16.8. The molecule has 2 amide bonds. The Labute approximate surface area is 134 Å². The van der Waals surface area contributed by atoms with Crippen LogP contribution in [-0.2, 0) is 9.59 Å². The molecule has 1 N–H and O–H groups in total. The van der Waals surface area contributed by atoms with Gasteiger partial charge in [0.1, 0.15) is 18.2 Å². The Kier molecular flexibility index (Phi) is 6.07. The van der Waals surface area contributed by atoms with Crippen LogP contribution in [0.4, 0.5) is 14.5 Å². The van der Waals surface area contributed by atoms with Crippen LogP contribution in [0.5, 0.6) is 0 Å². The summed E-state index contributed by atoms with van der Waals surface area (Å²) in [4.78, 5) is 25.0. The van der Waals surface area contributed by atoms with Gasteiger partial charge in [-0.1, -0.05) is 25.7 Å². The van der Waals surface area contributed by atoms with Crippen LogP contribution < -0.4 is 10.2 Å². The normalized spacial score (nSPS) is 15.8. The quantitative estimate of drug-likeness (QED) is 0.865. The van der Waals surface area contributed by atoms with Crippen LogP contribution in [-0.4, -0.2) is 24.4 Å². The monoisotopic (exact) mass is 324 g/mol. The molecule has 0 aliphatic heterocycles. The smallest absolute Gasteiger partial charge is 0.240 e. The van der Waals surface area contributed by atoms with Crippen molar-refractivity contribution in [3.63, 3.8) is 0 Å². The summed E-state index contributed by atoms with van der Waals surface area (Å²) in [7, 11) is 0. The van der Waals surface area contributed by atoms with E-state index in [-0.39, 0.29) is 24.2 Å². The molecule has 23 heavy (non-hydrogen) atoms. The van der Waals surface area contributed by atoms with Gasteiger partial charge in [0.25, 0.3) is 0 Å². The van der Waals surface area contributed by atoms with E-state index < -0.39 is 17.5 Å². The lowest BCUT2D eigenvalue weighted by atomic mass is 10.1. The highest BCUT2D eigenvalue weighted by Crippen LogP contribution is 2.21. The number of halogens is 2. The number of nitrogens with zero attached hydrogens (tertiary/aromatic N) is 1. The molecule has 0 heterocycles. The SMILES string of the molecule is CC(=O)N(CC(=O)NC1CCCCCC1)c1ccc(F)cc1F. The van der Waals surface area contributed by atoms with Gasteiger partial charge in [0.05, 0.1) is 5.69 Å². The molecule has 2 rings (SSSR count). The van der Waals surface area contributed by atoms with Gasteiger partial charge in [-0.3, -0.25) is 9.59 Å². The number of amides is 2. The first kappa shape index (κ1) is 17.4. The summed E-state index contributed by atoms with van der Waals surface area (Å²) >= 11 is 0. The number of carbonyl (C=O) groups excluding carboxylic acids is 2. The topological polar surface area (TPSA) is 49.4 Å². The number of hydrogen-bond acceptors (Lipinski definition) is 2. The van der Waals surface area contributed by atoms with Gasteiger partial charge in [0, 0.05) is 19.0 Å². The second-order valence-electron chi connectivity index (χ2n) is 5.96. The molecule has 0 atom stereocenters. The van der Waals surface area contributed by atoms with Crippen molar-refractivity contribution in [2.75, 3.05) is 11.4 Å². The van der Waals surface area contributed by atoms with Gasteiger partial charge in [-0.25, -0.2) is 8.78 Å². The Morgan fingerprint density at radius 1 is 1.17 bits per heavy atom. The molecule has 0 bridgehead atoms. The van der Waals surface area contributed by atoms with Crippen LogP contribution in [0, 0.1) is 11.6 Å². The summed E-state index contributed by atoms with van der Waals surface area (Å²) in [5.41, 5.74) is -0.0880. The number of benzene rings is 1. The van der Waals surface area contributed by atoms with E-state index in [1.165, 1.54) is 25.8 Å². The van der Waals surface area contributed by atoms with Gasteiger partial charge in [-0.2, -0.15) is 0 Å². The fourth-order valence-corrected chi connectivity index (χ4v) is 2.91. The molecule has 0 saturated heterocycles. The van der Waals surface area contributed by atoms with Crippen molar-refractivity contribution in [3.8, 4) is 0 Å². The van der Waals surface area contributed by atoms with Crippen LogP contribution in [0.2, 0.25) is 0 Å². The summed E-state index contributed by atoms with van der Waals surface area (Å²) in [5.74, 6) is -2.37. The predicted octanol–water partition coefficient (Wildman–Crippen LogP) is 3.16. The molecule has 1 aromatic rings. The molecule has 0 unspecified atom stereocenters. The minimum atomic E-state index is -0.859. The third-order valence-electron chi connectivity index (χ3n) is 4.10. The van der Waals surface area contributed by atoms with Crippen molar-refractivity contribution in [2.45, 2.75) is 51.5 Å². The second kappa shape index (κ2) is 8.04. The highest BCUT2D eigenvalue weighted by molar-refractivity contribution is 5.97. The molecule has 126 valence electrons. The zero-order valence-electron chi connectivity index (χ0n) is 13.3. The van der Waals surface area contributed by atoms with Gasteiger partial charge >= 0.3 is 0 Å². The van der Waals surface area contributed by atoms with Crippen LogP contribution in [0.15, 0.2) is 18.2 Å². The van der Waals surface area contributed by atoms with E-state index in [9.17, 15) is 18.4 Å². The summed E-state index contributed by atoms with van der Waals surface area (Å²) in [6.07, 6.45) is 6.36. The van der Waals surface area contributed by atoms with E-state index in [0.29, 0.717) is 6.07 Å². The molecule has 4 nitrogen and oxygen atoms in total. The fourth-order valence-electron chi connectivity index (χ4n) is 2.91. The molecule has 1 aliphatic rings. The Morgan fingerprint density at radius 2 is 1.83 bits per heavy atom. The minimum absolute atomic E-state index is 0.0880. The lowest BCUT2D eigenvalue weighted by molar-refractivity contribution is -0.123. The summed E-state index contributed by atoms with van der Waals surface area (Å²) in [5, 5.41) is 2.92. The predicted molar refractivity (Wildman–Crippen MR) is 84.0 cm³/mol. The number of anilines is 1. The van der Waals surface area contributed by atoms with Gasteiger partial charge in [-0.05, 0) is 25.0 Å². The molecule has 1 fully saturated rings. The van der Waals surface area contributed by atoms with E-state index in [1.54, 1.807) is 0 Å². The Hall–Kier alpha value is -1.98. The van der Waals surface area contributed by atoms with E-state index in [4.69, 9.17) is 0 Å². The lowest BCUT2D eigenvalue weighted by Crippen LogP contribution is -2.44. The number of nitrogens with one attached hydrogen (secondary N) is 1. The van der Waals surface area contributed by atoms with Crippen LogP contribution in [0.3, 0.4) is 0 Å². The average molecular weight is 324 g/mol. The van der Waals surface area contributed by atoms with Crippen LogP contribution in [0.1, 0.15) is 45.4 Å². The van der Waals surface area contributed by atoms with E-state index in [0.717, 1.165) is 36.6 Å². The van der Waals surface area contributed by atoms with Crippen molar-refractivity contribution in [3.05, 3.63) is 29.8 Å². The maximum Gasteiger partial charge on any atom is 0.240 e. The standard InChI is InChI=1S/C17H22F2N2O2/c1-12(22)21(16-9-8-13(18)10-15(16)19)11-17(23)20-14-6-4-2-3-5-7-14/h8-10,14H,2-7,11H2,1H3,(H,20,23). The molecule has 6 heteroatoms. The highest BCUT2D eigenvalue weighted by Gasteiger charge is 2.21. The molecular weight excluding hydrogens is 302 g/mol. The summed E-state index contributed by atoms with van der Waals surface area (Å²) in [6, 6.07) is 3.05. The van der Waals surface area contributed by atoms with E-state index in [2.05, 4.69) is 5.32 Å². The first-order valence-corrected chi connectivity index (χ1v) is 8.00. The molecular formula is C17H22F2N2O2. The zero-order valence-corrected chi connectivity index (χ0v) is 13.3. The number of hydrogen-bond donors (Lipinski definition) is 1. The van der Waals surface area contributed by atoms with Crippen LogP contribution >= 0.6 is 0 Å². The van der Waals surface area contributed by atoms with Gasteiger partial charge < -0.3 is 10.2 Å². The summed E-state index contributed by atoms with van der Waals surface area (Å²) in [6.45, 7) is 0.982. The fraction of sp³-hybridized carbons (Fsp3) is 0.529. The Morgan fingerprint density at radius 3 is 2.39 bits per heavy atom. The molecule has 0 radical (unpaired) electrons. The number of rotatable bonds is 4. The average Bonchev–Trinajstić information content (AvgIpc) is 2.74. The first-order chi connectivity index (χ1) is 11.0. The van der Waals surface area contributed by atoms with Gasteiger partial charge in [-0.15, -0.1) is 0 Å². The van der Waals surface area contributed by atoms with Gasteiger partial charge in [0.15, 0.2) is 0 Å². The molecule has 1 aliphatic carbocycles. The third-order valence-corrected chi connectivity index (χ3v) is 4.10. The van der Waals surface area contributed by atoms with E-state index in [1.807, 2.05) is 0 Å². The molecule has 0 spiro atoms. The van der Waals surface area contributed by atoms with E-state index >= 15 is 0 Å². The number of carbonyl (C=O) groups is 2. The maximum atomic E-state index is 13.9. The van der Waals surface area contributed by atoms with Gasteiger partial charge in [0.2, 0.25) is 11.8 Å². The third kappa shape index (κ3) is 5.01. The summed E-state index contributed by atoms with van der Waals surface area (Å²) < 4.78 is 26.9. The van der Waals surface area contributed by atoms with Crippen molar-refractivity contribution in [1.29, 1.82) is 0 Å².